The fraction of sp³-hybridized carbons (Fsp3) is 0.353. The van der Waals surface area contributed by atoms with E-state index in [9.17, 15) is 14.0 Å². The fourth-order valence-electron chi connectivity index (χ4n) is 3.43. The number of ether oxygens (including phenoxy) is 2. The SMILES string of the molecule is COc1cc2c(OCC3NC(=O)C4C(F)C34)nccc2cc1C(N)=O. The number of hydrogen-bond acceptors (Lipinski definition) is 5. The Morgan fingerprint density at radius 2 is 2.24 bits per heavy atom. The van der Waals surface area contributed by atoms with Gasteiger partial charge in [0.1, 0.15) is 18.5 Å². The molecule has 2 amide bonds. The lowest BCUT2D eigenvalue weighted by Crippen LogP contribution is -2.37. The number of hydrogen-bond donors (Lipinski definition) is 2. The lowest BCUT2D eigenvalue weighted by molar-refractivity contribution is -0.121. The lowest BCUT2D eigenvalue weighted by Gasteiger charge is -2.16. The number of nitrogens with two attached hydrogens (primary N) is 1. The third kappa shape index (κ3) is 2.45. The molecule has 1 aliphatic heterocycles. The number of pyridine rings is 1. The molecule has 4 atom stereocenters. The summed E-state index contributed by atoms with van der Waals surface area (Å²) < 4.78 is 24.5. The van der Waals surface area contributed by atoms with Gasteiger partial charge in [-0.1, -0.05) is 0 Å². The van der Waals surface area contributed by atoms with Crippen LogP contribution in [0.4, 0.5) is 4.39 Å². The Bertz CT molecular complexity index is 888. The minimum Gasteiger partial charge on any atom is -0.496 e. The minimum absolute atomic E-state index is 0.124. The molecule has 1 saturated carbocycles. The highest BCUT2D eigenvalue weighted by Gasteiger charge is 2.64. The van der Waals surface area contributed by atoms with Crippen LogP contribution in [0.3, 0.4) is 0 Å². The summed E-state index contributed by atoms with van der Waals surface area (Å²) in [6.45, 7) is 0.124. The van der Waals surface area contributed by atoms with E-state index >= 15 is 0 Å². The Morgan fingerprint density at radius 3 is 2.88 bits per heavy atom. The molecule has 8 heteroatoms. The van der Waals surface area contributed by atoms with Gasteiger partial charge in [0.25, 0.3) is 5.91 Å². The lowest BCUT2D eigenvalue weighted by atomic mass is 10.1. The van der Waals surface area contributed by atoms with Crippen molar-refractivity contribution < 1.29 is 23.5 Å². The molecule has 3 N–H and O–H groups in total. The van der Waals surface area contributed by atoms with Gasteiger partial charge in [-0.25, -0.2) is 9.37 Å². The number of amides is 2. The maximum Gasteiger partial charge on any atom is 0.252 e. The van der Waals surface area contributed by atoms with Crippen LogP contribution < -0.4 is 20.5 Å². The molecule has 4 rings (SSSR count). The summed E-state index contributed by atoms with van der Waals surface area (Å²) in [5, 5.41) is 4.08. The summed E-state index contributed by atoms with van der Waals surface area (Å²) in [4.78, 5) is 27.3. The molecule has 0 bridgehead atoms. The highest BCUT2D eigenvalue weighted by molar-refractivity contribution is 6.01. The van der Waals surface area contributed by atoms with Crippen LogP contribution in [0, 0.1) is 11.8 Å². The third-order valence-electron chi connectivity index (χ3n) is 4.79. The smallest absolute Gasteiger partial charge is 0.252 e. The van der Waals surface area contributed by atoms with Gasteiger partial charge < -0.3 is 20.5 Å². The van der Waals surface area contributed by atoms with E-state index in [0.717, 1.165) is 0 Å². The van der Waals surface area contributed by atoms with Gasteiger partial charge in [-0.05, 0) is 23.6 Å². The van der Waals surface area contributed by atoms with Crippen LogP contribution in [0.25, 0.3) is 10.8 Å². The summed E-state index contributed by atoms with van der Waals surface area (Å²) in [5.74, 6) is -1.07. The Morgan fingerprint density at radius 1 is 1.44 bits per heavy atom. The summed E-state index contributed by atoms with van der Waals surface area (Å²) >= 11 is 0. The monoisotopic (exact) mass is 345 g/mol. The van der Waals surface area contributed by atoms with Crippen molar-refractivity contribution in [3.05, 3.63) is 30.0 Å². The molecule has 1 aromatic heterocycles. The van der Waals surface area contributed by atoms with Crippen molar-refractivity contribution in [2.24, 2.45) is 17.6 Å². The van der Waals surface area contributed by atoms with E-state index in [-0.39, 0.29) is 30.0 Å². The quantitative estimate of drug-likeness (QED) is 0.834. The maximum absolute atomic E-state index is 13.5. The van der Waals surface area contributed by atoms with E-state index in [0.29, 0.717) is 22.4 Å². The van der Waals surface area contributed by atoms with Gasteiger partial charge in [-0.2, -0.15) is 0 Å². The van der Waals surface area contributed by atoms with E-state index < -0.39 is 18.0 Å². The van der Waals surface area contributed by atoms with E-state index in [1.54, 1.807) is 24.4 Å². The van der Waals surface area contributed by atoms with Crippen LogP contribution >= 0.6 is 0 Å². The zero-order chi connectivity index (χ0) is 17.7. The second-order valence-electron chi connectivity index (χ2n) is 6.23. The zero-order valence-corrected chi connectivity index (χ0v) is 13.4. The van der Waals surface area contributed by atoms with Gasteiger partial charge in [0.15, 0.2) is 0 Å². The van der Waals surface area contributed by atoms with Crippen molar-refractivity contribution >= 4 is 22.6 Å². The number of nitrogens with one attached hydrogen (secondary N) is 1. The second kappa shape index (κ2) is 5.58. The number of methoxy groups -OCH3 is 1. The van der Waals surface area contributed by atoms with E-state index in [2.05, 4.69) is 10.3 Å². The molecule has 0 radical (unpaired) electrons. The molecule has 0 spiro atoms. The number of primary amides is 1. The molecule has 25 heavy (non-hydrogen) atoms. The molecule has 130 valence electrons. The number of alkyl halides is 1. The summed E-state index contributed by atoms with van der Waals surface area (Å²) in [6.07, 6.45) is 0.459. The largest absolute Gasteiger partial charge is 0.496 e. The van der Waals surface area contributed by atoms with E-state index in [4.69, 9.17) is 15.2 Å². The number of piperidine rings is 1. The first kappa shape index (κ1) is 15.6. The Balaban J connectivity index is 1.61. The van der Waals surface area contributed by atoms with Crippen molar-refractivity contribution in [3.63, 3.8) is 0 Å². The molecule has 2 heterocycles. The highest BCUT2D eigenvalue weighted by atomic mass is 19.1. The first-order valence-corrected chi connectivity index (χ1v) is 7.85. The topological polar surface area (TPSA) is 104 Å². The van der Waals surface area contributed by atoms with Crippen molar-refractivity contribution in [3.8, 4) is 11.6 Å². The van der Waals surface area contributed by atoms with Crippen LogP contribution in [0.1, 0.15) is 10.4 Å². The molecule has 1 aliphatic carbocycles. The molecular weight excluding hydrogens is 329 g/mol. The normalized spacial score (nSPS) is 26.9. The summed E-state index contributed by atoms with van der Waals surface area (Å²) in [7, 11) is 1.44. The molecule has 2 fully saturated rings. The number of aromatic nitrogens is 1. The second-order valence-corrected chi connectivity index (χ2v) is 6.23. The summed E-state index contributed by atoms with van der Waals surface area (Å²) in [5.41, 5.74) is 5.63. The van der Waals surface area contributed by atoms with E-state index in [1.165, 1.54) is 7.11 Å². The number of benzene rings is 1. The van der Waals surface area contributed by atoms with Crippen molar-refractivity contribution in [2.45, 2.75) is 12.2 Å². The van der Waals surface area contributed by atoms with Crippen LogP contribution in [0.5, 0.6) is 11.6 Å². The minimum atomic E-state index is -1.08. The number of carbonyl (C=O) groups excluding carboxylic acids is 2. The first-order chi connectivity index (χ1) is 12.0. The standard InChI is InChI=1S/C17H16FN3O4/c1-24-11-5-8-7(4-9(11)15(19)22)2-3-20-17(8)25-6-10-12-13(14(12)18)16(23)21-10/h2-5,10,12-14H,6H2,1H3,(H2,19,22)(H,21,23). The first-order valence-electron chi connectivity index (χ1n) is 7.85. The average Bonchev–Trinajstić information content (AvgIpc) is 3.15. The number of nitrogens with zero attached hydrogens (tertiary/aromatic N) is 1. The fourth-order valence-corrected chi connectivity index (χ4v) is 3.43. The van der Waals surface area contributed by atoms with Crippen LogP contribution in [-0.4, -0.2) is 42.7 Å². The molecular formula is C17H16FN3O4. The molecule has 2 aromatic rings. The Labute approximate surface area is 142 Å². The molecule has 1 aromatic carbocycles. The van der Waals surface area contributed by atoms with Crippen molar-refractivity contribution in [1.29, 1.82) is 0 Å². The van der Waals surface area contributed by atoms with Gasteiger partial charge in [0.2, 0.25) is 11.8 Å². The summed E-state index contributed by atoms with van der Waals surface area (Å²) in [6, 6.07) is 4.59. The maximum atomic E-state index is 13.5. The van der Waals surface area contributed by atoms with Gasteiger partial charge in [0.05, 0.1) is 24.6 Å². The van der Waals surface area contributed by atoms with Crippen LogP contribution in [0.15, 0.2) is 24.4 Å². The number of fused-ring (bicyclic) bond motifs is 2. The van der Waals surface area contributed by atoms with E-state index in [1.807, 2.05) is 0 Å². The predicted molar refractivity (Wildman–Crippen MR) is 86.1 cm³/mol. The van der Waals surface area contributed by atoms with Crippen LogP contribution in [-0.2, 0) is 4.79 Å². The van der Waals surface area contributed by atoms with Crippen molar-refractivity contribution in [1.82, 2.24) is 10.3 Å². The van der Waals surface area contributed by atoms with Crippen LogP contribution in [0.2, 0.25) is 0 Å². The zero-order valence-electron chi connectivity index (χ0n) is 13.4. The van der Waals surface area contributed by atoms with Gasteiger partial charge in [0, 0.05) is 17.5 Å². The van der Waals surface area contributed by atoms with Gasteiger partial charge in [-0.3, -0.25) is 9.59 Å². The number of rotatable bonds is 5. The molecule has 4 unspecified atom stereocenters. The highest BCUT2D eigenvalue weighted by Crippen LogP contribution is 2.49. The van der Waals surface area contributed by atoms with Gasteiger partial charge in [-0.15, -0.1) is 0 Å². The van der Waals surface area contributed by atoms with Gasteiger partial charge >= 0.3 is 0 Å². The molecule has 1 saturated heterocycles. The number of carbonyl (C=O) groups is 2. The molecule has 7 nitrogen and oxygen atoms in total. The van der Waals surface area contributed by atoms with Crippen molar-refractivity contribution in [2.75, 3.05) is 13.7 Å². The number of halogens is 1. The molecule has 2 aliphatic rings. The third-order valence-corrected chi connectivity index (χ3v) is 4.79. The Kier molecular flexibility index (Phi) is 3.48. The Hall–Kier alpha value is -2.90. The predicted octanol–water partition coefficient (Wildman–Crippen LogP) is 0.804. The average molecular weight is 345 g/mol.